The van der Waals surface area contributed by atoms with Gasteiger partial charge in [0.15, 0.2) is 0 Å². The van der Waals surface area contributed by atoms with Crippen LogP contribution in [0.25, 0.3) is 0 Å². The molecule has 1 aromatic carbocycles. The van der Waals surface area contributed by atoms with Crippen molar-refractivity contribution in [1.82, 2.24) is 20.0 Å². The van der Waals surface area contributed by atoms with Gasteiger partial charge in [0, 0.05) is 44.8 Å². The van der Waals surface area contributed by atoms with E-state index in [2.05, 4.69) is 10.2 Å². The number of likely N-dealkylation sites (tertiary alicyclic amines) is 1. The number of rotatable bonds is 4. The smallest absolute Gasteiger partial charge is 0.320 e. The third-order valence-electron chi connectivity index (χ3n) is 6.14. The van der Waals surface area contributed by atoms with E-state index in [1.165, 1.54) is 19.3 Å². The van der Waals surface area contributed by atoms with Gasteiger partial charge in [-0.1, -0.05) is 12.5 Å². The maximum absolute atomic E-state index is 12.8. The minimum absolute atomic E-state index is 0.0117. The lowest BCUT2D eigenvalue weighted by Gasteiger charge is -2.41. The van der Waals surface area contributed by atoms with Crippen LogP contribution in [0.1, 0.15) is 36.0 Å². The van der Waals surface area contributed by atoms with Gasteiger partial charge < -0.3 is 19.9 Å². The SMILES string of the molecule is CNC(=O)c1cccc(OC2CN(C(=O)N3CCCN(C4CCC4)CC3)C2)c1. The molecule has 0 radical (unpaired) electrons. The highest BCUT2D eigenvalue weighted by molar-refractivity contribution is 5.94. The lowest BCUT2D eigenvalue weighted by molar-refractivity contribution is 0.0308. The number of carbonyl (C=O) groups excluding carboxylic acids is 2. The number of benzene rings is 1. The largest absolute Gasteiger partial charge is 0.487 e. The Morgan fingerprint density at radius 2 is 1.86 bits per heavy atom. The Morgan fingerprint density at radius 3 is 2.57 bits per heavy atom. The number of carbonyl (C=O) groups is 2. The number of hydrogen-bond donors (Lipinski definition) is 1. The van der Waals surface area contributed by atoms with Crippen LogP contribution in [-0.4, -0.2) is 85.1 Å². The van der Waals surface area contributed by atoms with Crippen molar-refractivity contribution in [2.45, 2.75) is 37.8 Å². The number of nitrogens with one attached hydrogen (secondary N) is 1. The highest BCUT2D eigenvalue weighted by atomic mass is 16.5. The van der Waals surface area contributed by atoms with Gasteiger partial charge in [0.25, 0.3) is 5.91 Å². The van der Waals surface area contributed by atoms with Crippen LogP contribution < -0.4 is 10.1 Å². The molecule has 0 aromatic heterocycles. The van der Waals surface area contributed by atoms with Crippen LogP contribution in [0, 0.1) is 0 Å². The Bertz CT molecular complexity index is 715. The lowest BCUT2D eigenvalue weighted by atomic mass is 9.91. The minimum atomic E-state index is -0.132. The van der Waals surface area contributed by atoms with Crippen LogP contribution in [0.5, 0.6) is 5.75 Å². The molecule has 2 heterocycles. The van der Waals surface area contributed by atoms with E-state index in [9.17, 15) is 9.59 Å². The van der Waals surface area contributed by atoms with E-state index in [4.69, 9.17) is 4.74 Å². The first kappa shape index (κ1) is 19.1. The Labute approximate surface area is 166 Å². The molecule has 28 heavy (non-hydrogen) atoms. The summed E-state index contributed by atoms with van der Waals surface area (Å²) in [7, 11) is 1.61. The predicted octanol–water partition coefficient (Wildman–Crippen LogP) is 1.79. The number of hydrogen-bond acceptors (Lipinski definition) is 4. The van der Waals surface area contributed by atoms with Gasteiger partial charge in [-0.2, -0.15) is 0 Å². The number of urea groups is 1. The van der Waals surface area contributed by atoms with Crippen molar-refractivity contribution in [2.75, 3.05) is 46.3 Å². The Kier molecular flexibility index (Phi) is 5.71. The molecule has 3 aliphatic rings. The highest BCUT2D eigenvalue weighted by Gasteiger charge is 2.36. The van der Waals surface area contributed by atoms with E-state index in [0.29, 0.717) is 24.4 Å². The maximum Gasteiger partial charge on any atom is 0.320 e. The molecular weight excluding hydrogens is 356 g/mol. The fourth-order valence-electron chi connectivity index (χ4n) is 4.16. The quantitative estimate of drug-likeness (QED) is 0.857. The number of nitrogens with zero attached hydrogens (tertiary/aromatic N) is 3. The monoisotopic (exact) mass is 386 g/mol. The van der Waals surface area contributed by atoms with Crippen molar-refractivity contribution in [1.29, 1.82) is 0 Å². The Morgan fingerprint density at radius 1 is 1.04 bits per heavy atom. The third-order valence-corrected chi connectivity index (χ3v) is 6.14. The molecule has 1 aliphatic carbocycles. The molecule has 2 saturated heterocycles. The second kappa shape index (κ2) is 8.39. The normalized spacial score (nSPS) is 21.5. The molecule has 0 atom stereocenters. The van der Waals surface area contributed by atoms with Gasteiger partial charge in [0.2, 0.25) is 0 Å². The van der Waals surface area contributed by atoms with Crippen LogP contribution in [-0.2, 0) is 0 Å². The van der Waals surface area contributed by atoms with Crippen molar-refractivity contribution in [3.63, 3.8) is 0 Å². The predicted molar refractivity (Wildman–Crippen MR) is 107 cm³/mol. The first-order chi connectivity index (χ1) is 13.6. The van der Waals surface area contributed by atoms with Crippen molar-refractivity contribution >= 4 is 11.9 Å². The van der Waals surface area contributed by atoms with E-state index in [-0.39, 0.29) is 18.0 Å². The molecule has 0 spiro atoms. The average molecular weight is 386 g/mol. The molecule has 0 bridgehead atoms. The summed E-state index contributed by atoms with van der Waals surface area (Å²) in [5.41, 5.74) is 0.577. The van der Waals surface area contributed by atoms with E-state index in [1.54, 1.807) is 19.2 Å². The minimum Gasteiger partial charge on any atom is -0.487 e. The summed E-state index contributed by atoms with van der Waals surface area (Å²) in [6.45, 7) is 4.99. The lowest BCUT2D eigenvalue weighted by Crippen LogP contribution is -2.60. The second-order valence-corrected chi connectivity index (χ2v) is 8.00. The van der Waals surface area contributed by atoms with Crippen molar-refractivity contribution in [3.05, 3.63) is 29.8 Å². The van der Waals surface area contributed by atoms with Crippen LogP contribution in [0.15, 0.2) is 24.3 Å². The molecular formula is C21H30N4O3. The Balaban J connectivity index is 1.24. The van der Waals surface area contributed by atoms with E-state index < -0.39 is 0 Å². The summed E-state index contributed by atoms with van der Waals surface area (Å²) in [6.07, 6.45) is 5.04. The van der Waals surface area contributed by atoms with E-state index >= 15 is 0 Å². The molecule has 152 valence electrons. The van der Waals surface area contributed by atoms with Gasteiger partial charge >= 0.3 is 6.03 Å². The van der Waals surface area contributed by atoms with Crippen molar-refractivity contribution in [3.8, 4) is 5.75 Å². The fourth-order valence-corrected chi connectivity index (χ4v) is 4.16. The maximum atomic E-state index is 12.8. The topological polar surface area (TPSA) is 65.1 Å². The van der Waals surface area contributed by atoms with Gasteiger partial charge in [0.05, 0.1) is 13.1 Å². The molecule has 2 aliphatic heterocycles. The Hall–Kier alpha value is -2.28. The molecule has 7 nitrogen and oxygen atoms in total. The fraction of sp³-hybridized carbons (Fsp3) is 0.619. The average Bonchev–Trinajstić information content (AvgIpc) is 2.88. The van der Waals surface area contributed by atoms with Crippen LogP contribution >= 0.6 is 0 Å². The summed E-state index contributed by atoms with van der Waals surface area (Å²) in [4.78, 5) is 31.0. The van der Waals surface area contributed by atoms with Gasteiger partial charge in [0.1, 0.15) is 11.9 Å². The molecule has 3 fully saturated rings. The van der Waals surface area contributed by atoms with E-state index in [0.717, 1.165) is 38.6 Å². The molecule has 0 unspecified atom stereocenters. The highest BCUT2D eigenvalue weighted by Crippen LogP contribution is 2.26. The van der Waals surface area contributed by atoms with Crippen molar-refractivity contribution in [2.24, 2.45) is 0 Å². The van der Waals surface area contributed by atoms with Gasteiger partial charge in [-0.3, -0.25) is 9.69 Å². The first-order valence-electron chi connectivity index (χ1n) is 10.4. The number of amides is 3. The molecule has 1 aromatic rings. The molecule has 1 N–H and O–H groups in total. The number of ether oxygens (including phenoxy) is 1. The zero-order valence-corrected chi connectivity index (χ0v) is 16.6. The summed E-state index contributed by atoms with van der Waals surface area (Å²) in [6, 6.07) is 8.05. The van der Waals surface area contributed by atoms with Crippen molar-refractivity contribution < 1.29 is 14.3 Å². The van der Waals surface area contributed by atoms with E-state index in [1.807, 2.05) is 21.9 Å². The third kappa shape index (κ3) is 4.09. The zero-order valence-electron chi connectivity index (χ0n) is 16.6. The molecule has 7 heteroatoms. The summed E-state index contributed by atoms with van der Waals surface area (Å²) >= 11 is 0. The van der Waals surface area contributed by atoms with Crippen LogP contribution in [0.3, 0.4) is 0 Å². The van der Waals surface area contributed by atoms with Crippen LogP contribution in [0.4, 0.5) is 4.79 Å². The summed E-state index contributed by atoms with van der Waals surface area (Å²) in [5.74, 6) is 0.539. The first-order valence-corrected chi connectivity index (χ1v) is 10.4. The van der Waals surface area contributed by atoms with Crippen LogP contribution in [0.2, 0.25) is 0 Å². The van der Waals surface area contributed by atoms with Gasteiger partial charge in [-0.15, -0.1) is 0 Å². The molecule has 1 saturated carbocycles. The standard InChI is InChI=1S/C21H30N4O3/c1-22-20(26)16-5-2-8-18(13-16)28-19-14-25(15-19)21(27)24-10-4-9-23(11-12-24)17-6-3-7-17/h2,5,8,13,17,19H,3-4,6-7,9-12,14-15H2,1H3,(H,22,26). The zero-order chi connectivity index (χ0) is 19.5. The molecule has 4 rings (SSSR count). The second-order valence-electron chi connectivity index (χ2n) is 8.00. The van der Waals surface area contributed by atoms with Gasteiger partial charge in [-0.25, -0.2) is 4.79 Å². The molecule has 3 amide bonds. The summed E-state index contributed by atoms with van der Waals surface area (Å²) in [5, 5.41) is 2.61. The van der Waals surface area contributed by atoms with Gasteiger partial charge in [-0.05, 0) is 37.5 Å². The summed E-state index contributed by atoms with van der Waals surface area (Å²) < 4.78 is 5.95.